The van der Waals surface area contributed by atoms with Gasteiger partial charge >= 0.3 is 11.9 Å². The van der Waals surface area contributed by atoms with Crippen LogP contribution in [0.2, 0.25) is 0 Å². The molecule has 2 aliphatic rings. The van der Waals surface area contributed by atoms with Gasteiger partial charge in [-0.3, -0.25) is 52.7 Å². The van der Waals surface area contributed by atoms with Crippen molar-refractivity contribution in [1.82, 2.24) is 52.8 Å². The van der Waals surface area contributed by atoms with E-state index in [-0.39, 0.29) is 57.0 Å². The van der Waals surface area contributed by atoms with Crippen LogP contribution in [0.5, 0.6) is 0 Å². The van der Waals surface area contributed by atoms with Gasteiger partial charge in [0.1, 0.15) is 42.3 Å². The van der Waals surface area contributed by atoms with Gasteiger partial charge in [-0.15, -0.1) is 0 Å². The van der Waals surface area contributed by atoms with Gasteiger partial charge in [0.05, 0.1) is 31.7 Å². The first-order chi connectivity index (χ1) is 33.3. The fraction of sp³-hybridized carbons (Fsp3) is 0.733. The molecule has 9 atom stereocenters. The zero-order valence-corrected chi connectivity index (χ0v) is 41.4. The van der Waals surface area contributed by atoms with Crippen LogP contribution in [-0.4, -0.2) is 172 Å². The highest BCUT2D eigenvalue weighted by molar-refractivity contribution is 5.98. The Hall–Kier alpha value is -6.44. The lowest BCUT2D eigenvalue weighted by molar-refractivity contribution is -0.144. The predicted octanol–water partition coefficient (Wildman–Crippen LogP) is -3.64. The number of aliphatic hydroxyl groups is 1. The largest absolute Gasteiger partial charge is 0.481 e. The number of aliphatic carboxylic acids is 2. The maximum atomic E-state index is 13.9. The standard InChI is InChI=1S/C45H75N11O15/c1-7-8-9-11-28(45(70)71)52-44(69)33-12-10-15-56(33)36(60)22-49-38(63)25(6)50-41(66)30(16-23(2)3)53-42(67)31(17-24(4)5)54-43(68)32(19-37(61)62)55-40(65)27(13-14-34(46)58)51-35(59)21-48-39(64)29-18-26(57)20-47-29/h23-33,47,57H,7-22H2,1-6H3,(H2,46,58)(H,48,64)(H,49,63)(H,50,66)(H,51,59)(H,52,69)(H,53,67)(H,54,68)(H,55,65)(H,61,62)(H,70,71)/t25-,26+,27-,28-,29-,30-,31-,32-,33-/m0/s1. The molecule has 2 saturated heterocycles. The van der Waals surface area contributed by atoms with Gasteiger partial charge in [0.25, 0.3) is 0 Å². The fourth-order valence-electron chi connectivity index (χ4n) is 7.87. The van der Waals surface area contributed by atoms with E-state index in [0.717, 1.165) is 12.8 Å². The Morgan fingerprint density at radius 3 is 1.77 bits per heavy atom. The molecule has 71 heavy (non-hydrogen) atoms. The highest BCUT2D eigenvalue weighted by Crippen LogP contribution is 2.18. The lowest BCUT2D eigenvalue weighted by Crippen LogP contribution is -2.60. The van der Waals surface area contributed by atoms with Crippen LogP contribution in [0.15, 0.2) is 0 Å². The molecule has 2 fully saturated rings. The van der Waals surface area contributed by atoms with Crippen molar-refractivity contribution in [1.29, 1.82) is 0 Å². The van der Waals surface area contributed by atoms with Gasteiger partial charge in [-0.1, -0.05) is 53.9 Å². The van der Waals surface area contributed by atoms with Crippen molar-refractivity contribution in [2.24, 2.45) is 17.6 Å². The Morgan fingerprint density at radius 2 is 1.24 bits per heavy atom. The zero-order valence-electron chi connectivity index (χ0n) is 41.4. The normalized spacial score (nSPS) is 18.9. The van der Waals surface area contributed by atoms with E-state index < -0.39 is 151 Å². The second-order valence-corrected chi connectivity index (χ2v) is 18.8. The minimum atomic E-state index is -1.84. The average Bonchev–Trinajstić information content (AvgIpc) is 3.97. The molecule has 2 rings (SSSR count). The number of carbonyl (C=O) groups is 12. The third-order valence-electron chi connectivity index (χ3n) is 11.6. The molecule has 0 aliphatic carbocycles. The molecule has 400 valence electrons. The Labute approximate surface area is 412 Å². The molecule has 0 aromatic heterocycles. The van der Waals surface area contributed by atoms with Crippen molar-refractivity contribution in [3.8, 4) is 0 Å². The first-order valence-corrected chi connectivity index (χ1v) is 24.1. The number of primary amides is 1. The summed E-state index contributed by atoms with van der Waals surface area (Å²) in [6.07, 6.45) is 0.800. The van der Waals surface area contributed by atoms with E-state index in [2.05, 4.69) is 47.9 Å². The van der Waals surface area contributed by atoms with Crippen LogP contribution in [0.3, 0.4) is 0 Å². The van der Waals surface area contributed by atoms with E-state index in [0.29, 0.717) is 19.3 Å². The van der Waals surface area contributed by atoms with Gasteiger partial charge in [-0.05, 0) is 63.7 Å². The molecule has 0 radical (unpaired) electrons. The number of carboxylic acid groups (broad SMARTS) is 2. The molecule has 0 unspecified atom stereocenters. The summed E-state index contributed by atoms with van der Waals surface area (Å²) >= 11 is 0. The van der Waals surface area contributed by atoms with Crippen molar-refractivity contribution in [3.63, 3.8) is 0 Å². The number of rotatable bonds is 31. The Morgan fingerprint density at radius 1 is 0.662 bits per heavy atom. The highest BCUT2D eigenvalue weighted by Gasteiger charge is 2.37. The lowest BCUT2D eigenvalue weighted by Gasteiger charge is -2.28. The maximum Gasteiger partial charge on any atom is 0.326 e. The second kappa shape index (κ2) is 30.3. The average molecular weight is 1010 g/mol. The SMILES string of the molecule is CCCCC[C@H](NC(=O)[C@@H]1CCCN1C(=O)CNC(=O)[C@H](C)NC(=O)[C@H](CC(C)C)NC(=O)[C@H](CC(C)C)NC(=O)[C@H](CC(=O)O)NC(=O)[C@H](CCC(N)=O)NC(=O)CNC(=O)[C@@H]1C[C@@H](O)CN1)C(=O)O. The summed E-state index contributed by atoms with van der Waals surface area (Å²) in [6.45, 7) is 9.47. The van der Waals surface area contributed by atoms with Crippen LogP contribution in [-0.2, 0) is 57.5 Å². The number of nitrogens with two attached hydrogens (primary N) is 1. The van der Waals surface area contributed by atoms with Gasteiger partial charge in [-0.25, -0.2) is 4.79 Å². The van der Waals surface area contributed by atoms with E-state index in [1.807, 2.05) is 6.92 Å². The number of hydrogen-bond acceptors (Lipinski definition) is 14. The molecule has 10 amide bonds. The number of unbranched alkanes of at least 4 members (excludes halogenated alkanes) is 2. The van der Waals surface area contributed by atoms with Gasteiger partial charge in [0.2, 0.25) is 59.1 Å². The van der Waals surface area contributed by atoms with E-state index in [4.69, 9.17) is 5.73 Å². The van der Waals surface area contributed by atoms with E-state index >= 15 is 0 Å². The van der Waals surface area contributed by atoms with Crippen LogP contribution in [0.25, 0.3) is 0 Å². The maximum absolute atomic E-state index is 13.9. The van der Waals surface area contributed by atoms with Crippen LogP contribution >= 0.6 is 0 Å². The number of carboxylic acids is 2. The Kier molecular flexibility index (Phi) is 25.9. The van der Waals surface area contributed by atoms with Crippen molar-refractivity contribution >= 4 is 71.0 Å². The minimum absolute atomic E-state index is 0.0366. The summed E-state index contributed by atoms with van der Waals surface area (Å²) < 4.78 is 0. The molecule has 26 nitrogen and oxygen atoms in total. The molecule has 14 N–H and O–H groups in total. The number of β-amino-alcohol motifs (C(OH)–C–C–N with tert-alkyl or cyclic N) is 1. The monoisotopic (exact) mass is 1010 g/mol. The van der Waals surface area contributed by atoms with E-state index in [1.165, 1.54) is 11.8 Å². The number of hydrogen-bond donors (Lipinski definition) is 13. The first-order valence-electron chi connectivity index (χ1n) is 24.1. The van der Waals surface area contributed by atoms with Crippen molar-refractivity contribution < 1.29 is 72.9 Å². The highest BCUT2D eigenvalue weighted by atomic mass is 16.4. The smallest absolute Gasteiger partial charge is 0.326 e. The Bertz CT molecular complexity index is 1920. The lowest BCUT2D eigenvalue weighted by atomic mass is 9.99. The number of nitrogens with one attached hydrogen (secondary N) is 9. The molecule has 0 aromatic carbocycles. The first kappa shape index (κ1) is 60.7. The molecule has 2 aliphatic heterocycles. The van der Waals surface area contributed by atoms with E-state index in [9.17, 15) is 72.9 Å². The van der Waals surface area contributed by atoms with Crippen molar-refractivity contribution in [3.05, 3.63) is 0 Å². The number of aliphatic hydroxyl groups excluding tert-OH is 1. The number of likely N-dealkylation sites (tertiary alicyclic amines) is 1. The molecule has 2 heterocycles. The topological polar surface area (TPSA) is 403 Å². The summed E-state index contributed by atoms with van der Waals surface area (Å²) in [5.41, 5.74) is 5.26. The predicted molar refractivity (Wildman–Crippen MR) is 252 cm³/mol. The summed E-state index contributed by atoms with van der Waals surface area (Å²) in [7, 11) is 0. The quantitative estimate of drug-likeness (QED) is 0.0298. The second-order valence-electron chi connectivity index (χ2n) is 18.8. The summed E-state index contributed by atoms with van der Waals surface area (Å²) in [5.74, 6) is -11.4. The van der Waals surface area contributed by atoms with Crippen molar-refractivity contribution in [2.45, 2.75) is 173 Å². The van der Waals surface area contributed by atoms with Crippen LogP contribution in [0.4, 0.5) is 0 Å². The number of nitrogens with zero attached hydrogens (tertiary/aromatic N) is 1. The third-order valence-corrected chi connectivity index (χ3v) is 11.6. The summed E-state index contributed by atoms with van der Waals surface area (Å²) in [5, 5.41) is 51.2. The molecule has 0 saturated carbocycles. The van der Waals surface area contributed by atoms with Gasteiger partial charge < -0.3 is 73.8 Å². The molecule has 0 bridgehead atoms. The number of carbonyl (C=O) groups excluding carboxylic acids is 10. The minimum Gasteiger partial charge on any atom is -0.481 e. The summed E-state index contributed by atoms with van der Waals surface area (Å²) in [6, 6.07) is -10.1. The van der Waals surface area contributed by atoms with Gasteiger partial charge in [-0.2, -0.15) is 0 Å². The summed E-state index contributed by atoms with van der Waals surface area (Å²) in [4.78, 5) is 156. The Balaban J connectivity index is 2.13. The molecule has 0 aromatic rings. The van der Waals surface area contributed by atoms with Crippen LogP contribution < -0.4 is 53.6 Å². The van der Waals surface area contributed by atoms with Crippen LogP contribution in [0, 0.1) is 11.8 Å². The van der Waals surface area contributed by atoms with Crippen molar-refractivity contribution in [2.75, 3.05) is 26.2 Å². The van der Waals surface area contributed by atoms with Gasteiger partial charge in [0.15, 0.2) is 0 Å². The zero-order chi connectivity index (χ0) is 53.5. The van der Waals surface area contributed by atoms with E-state index in [1.54, 1.807) is 27.7 Å². The van der Waals surface area contributed by atoms with Crippen LogP contribution in [0.1, 0.15) is 119 Å². The molecule has 26 heteroatoms. The molecule has 0 spiro atoms. The third kappa shape index (κ3) is 22.0. The fourth-order valence-corrected chi connectivity index (χ4v) is 7.87. The van der Waals surface area contributed by atoms with Gasteiger partial charge in [0, 0.05) is 19.5 Å². The number of amides is 10. The molecular formula is C45H75N11O15. The molecular weight excluding hydrogens is 935 g/mol.